The third kappa shape index (κ3) is 5.77. The van der Waals surface area contributed by atoms with Gasteiger partial charge in [-0.1, -0.05) is 17.7 Å². The van der Waals surface area contributed by atoms with Gasteiger partial charge in [0.2, 0.25) is 20.0 Å². The summed E-state index contributed by atoms with van der Waals surface area (Å²) in [5.74, 6) is 0. The van der Waals surface area contributed by atoms with Gasteiger partial charge in [0.15, 0.2) is 0 Å². The summed E-state index contributed by atoms with van der Waals surface area (Å²) in [7, 11) is -6.87. The molecular formula is C10H15ClN2O4S2. The van der Waals surface area contributed by atoms with Crippen molar-refractivity contribution in [3.8, 4) is 0 Å². The first-order valence-electron chi connectivity index (χ1n) is 5.27. The molecule has 0 aromatic heterocycles. The molecule has 0 aliphatic rings. The second-order valence-electron chi connectivity index (χ2n) is 3.98. The van der Waals surface area contributed by atoms with E-state index in [0.717, 1.165) is 16.8 Å². The molecule has 0 radical (unpaired) electrons. The number of rotatable bonds is 6. The summed E-state index contributed by atoms with van der Waals surface area (Å²) in [6.45, 7) is -0.0232. The van der Waals surface area contributed by atoms with Gasteiger partial charge in [-0.3, -0.25) is 4.31 Å². The van der Waals surface area contributed by atoms with E-state index in [1.807, 2.05) is 0 Å². The zero-order valence-electron chi connectivity index (χ0n) is 10.5. The minimum atomic E-state index is -3.51. The maximum Gasteiger partial charge on any atom is 0.232 e. The molecule has 0 unspecified atom stereocenters. The van der Waals surface area contributed by atoms with Crippen LogP contribution in [0.2, 0.25) is 5.02 Å². The van der Waals surface area contributed by atoms with Gasteiger partial charge in [-0.2, -0.15) is 0 Å². The summed E-state index contributed by atoms with van der Waals surface area (Å²) < 4.78 is 48.7. The Morgan fingerprint density at radius 1 is 1.21 bits per heavy atom. The van der Waals surface area contributed by atoms with E-state index in [2.05, 4.69) is 4.72 Å². The Morgan fingerprint density at radius 3 is 2.32 bits per heavy atom. The zero-order chi connectivity index (χ0) is 14.7. The quantitative estimate of drug-likeness (QED) is 0.832. The predicted molar refractivity (Wildman–Crippen MR) is 76.5 cm³/mol. The Morgan fingerprint density at radius 2 is 1.84 bits per heavy atom. The van der Waals surface area contributed by atoms with Crippen LogP contribution in [0.4, 0.5) is 5.69 Å². The molecule has 1 aromatic rings. The van der Waals surface area contributed by atoms with Crippen molar-refractivity contribution in [3.63, 3.8) is 0 Å². The number of benzene rings is 1. The van der Waals surface area contributed by atoms with E-state index in [1.54, 1.807) is 18.2 Å². The first-order chi connectivity index (χ1) is 8.59. The molecule has 0 saturated heterocycles. The van der Waals surface area contributed by atoms with E-state index in [-0.39, 0.29) is 13.1 Å². The number of hydrogen-bond donors (Lipinski definition) is 1. The molecule has 0 fully saturated rings. The third-order valence-electron chi connectivity index (χ3n) is 2.18. The van der Waals surface area contributed by atoms with Gasteiger partial charge in [0.1, 0.15) is 0 Å². The second kappa shape index (κ2) is 6.08. The highest BCUT2D eigenvalue weighted by Crippen LogP contribution is 2.21. The van der Waals surface area contributed by atoms with Crippen molar-refractivity contribution in [2.75, 3.05) is 29.9 Å². The lowest BCUT2D eigenvalue weighted by molar-refractivity contribution is 0.583. The molecule has 1 rings (SSSR count). The van der Waals surface area contributed by atoms with Crippen molar-refractivity contribution in [1.82, 2.24) is 4.72 Å². The lowest BCUT2D eigenvalue weighted by Gasteiger charge is -2.22. The van der Waals surface area contributed by atoms with Crippen molar-refractivity contribution >= 4 is 37.3 Å². The van der Waals surface area contributed by atoms with Gasteiger partial charge in [0.25, 0.3) is 0 Å². The predicted octanol–water partition coefficient (Wildman–Crippen LogP) is 0.655. The van der Waals surface area contributed by atoms with Crippen molar-refractivity contribution in [2.24, 2.45) is 0 Å². The normalized spacial score (nSPS) is 12.4. The Balaban J connectivity index is 2.92. The number of anilines is 1. The van der Waals surface area contributed by atoms with E-state index >= 15 is 0 Å². The van der Waals surface area contributed by atoms with Crippen LogP contribution in [0.3, 0.4) is 0 Å². The fraction of sp³-hybridized carbons (Fsp3) is 0.400. The van der Waals surface area contributed by atoms with Crippen LogP contribution in [0.1, 0.15) is 0 Å². The van der Waals surface area contributed by atoms with Crippen LogP contribution in [-0.4, -0.2) is 42.4 Å². The van der Waals surface area contributed by atoms with Crippen molar-refractivity contribution in [2.45, 2.75) is 0 Å². The number of nitrogens with one attached hydrogen (secondary N) is 1. The Labute approximate surface area is 118 Å². The fourth-order valence-electron chi connectivity index (χ4n) is 1.45. The van der Waals surface area contributed by atoms with Gasteiger partial charge in [-0.05, 0) is 18.2 Å². The molecule has 108 valence electrons. The molecule has 6 nitrogen and oxygen atoms in total. The molecule has 0 heterocycles. The molecule has 19 heavy (non-hydrogen) atoms. The summed E-state index contributed by atoms with van der Waals surface area (Å²) in [5.41, 5.74) is 0.394. The Hall–Kier alpha value is -0.830. The lowest BCUT2D eigenvalue weighted by Crippen LogP contribution is -2.37. The van der Waals surface area contributed by atoms with Gasteiger partial charge in [0.05, 0.1) is 18.2 Å². The van der Waals surface area contributed by atoms with E-state index in [0.29, 0.717) is 10.7 Å². The number of sulfonamides is 2. The van der Waals surface area contributed by atoms with Gasteiger partial charge < -0.3 is 0 Å². The van der Waals surface area contributed by atoms with Crippen LogP contribution >= 0.6 is 11.6 Å². The minimum absolute atomic E-state index is 0.00769. The summed E-state index contributed by atoms with van der Waals surface area (Å²) in [6.07, 6.45) is 2.06. The Bertz CT molecular complexity index is 643. The molecule has 0 saturated carbocycles. The number of halogens is 1. The topological polar surface area (TPSA) is 83.6 Å². The largest absolute Gasteiger partial charge is 0.269 e. The van der Waals surface area contributed by atoms with Gasteiger partial charge in [-0.25, -0.2) is 21.6 Å². The average molecular weight is 327 g/mol. The molecule has 9 heteroatoms. The van der Waals surface area contributed by atoms with Crippen LogP contribution < -0.4 is 9.03 Å². The number of nitrogens with zero attached hydrogens (tertiary/aromatic N) is 1. The van der Waals surface area contributed by atoms with Gasteiger partial charge >= 0.3 is 0 Å². The third-order valence-corrected chi connectivity index (χ3v) is 4.33. The smallest absolute Gasteiger partial charge is 0.232 e. The van der Waals surface area contributed by atoms with E-state index in [4.69, 9.17) is 11.6 Å². The van der Waals surface area contributed by atoms with E-state index in [9.17, 15) is 16.8 Å². The maximum atomic E-state index is 11.7. The highest BCUT2D eigenvalue weighted by molar-refractivity contribution is 7.92. The van der Waals surface area contributed by atoms with Crippen LogP contribution in [0.15, 0.2) is 24.3 Å². The van der Waals surface area contributed by atoms with Gasteiger partial charge in [0, 0.05) is 18.1 Å². The summed E-state index contributed by atoms with van der Waals surface area (Å²) in [4.78, 5) is 0. The highest BCUT2D eigenvalue weighted by Gasteiger charge is 2.17. The summed E-state index contributed by atoms with van der Waals surface area (Å²) in [6, 6.07) is 6.34. The summed E-state index contributed by atoms with van der Waals surface area (Å²) in [5, 5.41) is 0.405. The molecule has 0 amide bonds. The fourth-order valence-corrected chi connectivity index (χ4v) is 3.02. The van der Waals surface area contributed by atoms with Crippen LogP contribution in [0.25, 0.3) is 0 Å². The molecule has 0 spiro atoms. The standard InChI is InChI=1S/C10H15ClN2O4S2/c1-18(14,15)12-6-7-13(19(2,16)17)10-5-3-4-9(11)8-10/h3-5,8,12H,6-7H2,1-2H3. The zero-order valence-corrected chi connectivity index (χ0v) is 12.9. The maximum absolute atomic E-state index is 11.7. The van der Waals surface area contributed by atoms with Crippen LogP contribution in [0, 0.1) is 0 Å². The molecule has 0 atom stereocenters. The van der Waals surface area contributed by atoms with E-state index in [1.165, 1.54) is 6.07 Å². The lowest BCUT2D eigenvalue weighted by atomic mass is 10.3. The Kier molecular flexibility index (Phi) is 5.19. The molecule has 1 N–H and O–H groups in total. The SMILES string of the molecule is CS(=O)(=O)NCCN(c1cccc(Cl)c1)S(C)(=O)=O. The van der Waals surface area contributed by atoms with Crippen LogP contribution in [-0.2, 0) is 20.0 Å². The molecule has 0 aliphatic heterocycles. The van der Waals surface area contributed by atoms with E-state index < -0.39 is 20.0 Å². The molecule has 1 aromatic carbocycles. The first kappa shape index (κ1) is 16.2. The highest BCUT2D eigenvalue weighted by atomic mass is 35.5. The molecular weight excluding hydrogens is 312 g/mol. The van der Waals surface area contributed by atoms with Crippen LogP contribution in [0.5, 0.6) is 0 Å². The second-order valence-corrected chi connectivity index (χ2v) is 8.16. The van der Waals surface area contributed by atoms with Crippen molar-refractivity contribution < 1.29 is 16.8 Å². The van der Waals surface area contributed by atoms with Gasteiger partial charge in [-0.15, -0.1) is 0 Å². The monoisotopic (exact) mass is 326 g/mol. The summed E-state index contributed by atoms with van der Waals surface area (Å²) >= 11 is 5.81. The van der Waals surface area contributed by atoms with Crippen molar-refractivity contribution in [1.29, 1.82) is 0 Å². The average Bonchev–Trinajstić information content (AvgIpc) is 2.21. The molecule has 0 aliphatic carbocycles. The molecule has 0 bridgehead atoms. The number of hydrogen-bond acceptors (Lipinski definition) is 4. The van der Waals surface area contributed by atoms with Crippen molar-refractivity contribution in [3.05, 3.63) is 29.3 Å². The minimum Gasteiger partial charge on any atom is -0.269 e. The first-order valence-corrected chi connectivity index (χ1v) is 9.39.